The average molecular weight is 744 g/mol. The number of nitrogens with one attached hydrogen (secondary N) is 2. The molecule has 0 spiro atoms. The number of alkyl carbamates (subject to hydrolysis) is 2. The van der Waals surface area contributed by atoms with Gasteiger partial charge in [0.05, 0.1) is 97.8 Å². The first-order valence-corrected chi connectivity index (χ1v) is 16.5. The summed E-state index contributed by atoms with van der Waals surface area (Å²) in [5.41, 5.74) is -0.981. The van der Waals surface area contributed by atoms with Crippen molar-refractivity contribution >= 4 is 28.1 Å². The molecule has 0 unspecified atom stereocenters. The Morgan fingerprint density at radius 1 is 0.574 bits per heavy atom. The Hall–Kier alpha value is -2.18. The average Bonchev–Trinajstić information content (AvgIpc) is 2.98. The van der Waals surface area contributed by atoms with E-state index >= 15 is 0 Å². The minimum Gasteiger partial charge on any atom is -0.444 e. The van der Waals surface area contributed by atoms with E-state index in [0.29, 0.717) is 111 Å². The molecule has 0 aliphatic carbocycles. The van der Waals surface area contributed by atoms with Crippen molar-refractivity contribution in [2.24, 2.45) is 0 Å². The van der Waals surface area contributed by atoms with Gasteiger partial charge in [-0.3, -0.25) is 0 Å². The second-order valence-corrected chi connectivity index (χ2v) is 11.4. The lowest BCUT2D eigenvalue weighted by Crippen LogP contribution is -2.34. The van der Waals surface area contributed by atoms with Crippen molar-refractivity contribution in [3.8, 4) is 24.7 Å². The Bertz CT molecular complexity index is 793. The van der Waals surface area contributed by atoms with Gasteiger partial charge in [-0.1, -0.05) is 27.8 Å². The lowest BCUT2D eigenvalue weighted by Gasteiger charge is -2.19. The molecule has 0 rings (SSSR count). The summed E-state index contributed by atoms with van der Waals surface area (Å²) in [5.74, 6) is 4.72. The number of carbonyl (C=O) groups excluding carboxylic acids is 2. The molecule has 276 valence electrons. The highest BCUT2D eigenvalue weighted by Crippen LogP contribution is 2.06. The minimum absolute atomic E-state index is 0.0216. The zero-order chi connectivity index (χ0) is 36.1. The molecule has 0 atom stereocenters. The van der Waals surface area contributed by atoms with E-state index in [1.807, 2.05) is 41.5 Å². The van der Waals surface area contributed by atoms with E-state index in [9.17, 15) is 9.59 Å². The fourth-order valence-corrected chi connectivity index (χ4v) is 2.48. The highest BCUT2D eigenvalue weighted by molar-refractivity contribution is 9.09. The first kappa shape index (κ1) is 49.2. The number of ether oxygens (including phenoxy) is 9. The van der Waals surface area contributed by atoms with Gasteiger partial charge in [0.15, 0.2) is 0 Å². The van der Waals surface area contributed by atoms with Gasteiger partial charge in [0.1, 0.15) is 17.8 Å². The van der Waals surface area contributed by atoms with E-state index in [0.717, 1.165) is 0 Å². The molecule has 0 fully saturated rings. The highest BCUT2D eigenvalue weighted by atomic mass is 79.9. The summed E-state index contributed by atoms with van der Waals surface area (Å²) < 4.78 is 46.6. The largest absolute Gasteiger partial charge is 0.444 e. The van der Waals surface area contributed by atoms with Crippen LogP contribution in [0.15, 0.2) is 0 Å². The Balaban J connectivity index is -0.000000744. The smallest absolute Gasteiger partial charge is 0.407 e. The summed E-state index contributed by atoms with van der Waals surface area (Å²) in [6, 6.07) is 0. The number of carbonyl (C=O) groups is 2. The molecule has 3 N–H and O–H groups in total. The van der Waals surface area contributed by atoms with Crippen LogP contribution in [-0.2, 0) is 42.6 Å². The van der Waals surface area contributed by atoms with E-state index in [1.165, 1.54) is 0 Å². The van der Waals surface area contributed by atoms with Crippen molar-refractivity contribution in [1.29, 1.82) is 0 Å². The van der Waals surface area contributed by atoms with Gasteiger partial charge < -0.3 is 58.4 Å². The zero-order valence-corrected chi connectivity index (χ0v) is 30.8. The van der Waals surface area contributed by atoms with Crippen LogP contribution in [0.3, 0.4) is 0 Å². The lowest BCUT2D eigenvalue weighted by molar-refractivity contribution is 0.00125. The molecule has 0 aliphatic heterocycles. The second kappa shape index (κ2) is 36.7. The van der Waals surface area contributed by atoms with Gasteiger partial charge >= 0.3 is 12.2 Å². The van der Waals surface area contributed by atoms with Gasteiger partial charge in [0.25, 0.3) is 0 Å². The molecule has 0 saturated heterocycles. The number of halogens is 1. The molecule has 0 aromatic carbocycles. The lowest BCUT2D eigenvalue weighted by atomic mass is 10.2. The van der Waals surface area contributed by atoms with Crippen LogP contribution in [0.4, 0.5) is 9.59 Å². The van der Waals surface area contributed by atoms with Crippen LogP contribution in [0.2, 0.25) is 0 Å². The van der Waals surface area contributed by atoms with E-state index < -0.39 is 23.4 Å². The number of aliphatic hydroxyl groups is 1. The maximum Gasteiger partial charge on any atom is 0.407 e. The number of hydrogen-bond acceptors (Lipinski definition) is 12. The summed E-state index contributed by atoms with van der Waals surface area (Å²) >= 11 is 3.01. The highest BCUT2D eigenvalue weighted by Gasteiger charge is 2.16. The summed E-state index contributed by atoms with van der Waals surface area (Å²) in [4.78, 5) is 22.6. The number of terminal acetylenes is 2. The van der Waals surface area contributed by atoms with Crippen LogP contribution in [-0.4, -0.2) is 146 Å². The van der Waals surface area contributed by atoms with Gasteiger partial charge in [-0.25, -0.2) is 9.59 Å². The fraction of sp³-hybridized carbons (Fsp3) is 0.812. The van der Waals surface area contributed by atoms with Crippen molar-refractivity contribution in [3.05, 3.63) is 0 Å². The van der Waals surface area contributed by atoms with Gasteiger partial charge in [-0.05, 0) is 41.5 Å². The van der Waals surface area contributed by atoms with Crippen LogP contribution in [0, 0.1) is 24.7 Å². The summed E-state index contributed by atoms with van der Waals surface area (Å²) in [6.07, 6.45) is 8.87. The van der Waals surface area contributed by atoms with E-state index in [4.69, 9.17) is 60.6 Å². The molecule has 0 aromatic rings. The molecule has 0 saturated carbocycles. The number of amides is 2. The van der Waals surface area contributed by atoms with E-state index in [1.54, 1.807) is 0 Å². The molecular formula is C32H59BrN2O12. The van der Waals surface area contributed by atoms with Crippen molar-refractivity contribution in [2.75, 3.05) is 118 Å². The Morgan fingerprint density at radius 2 is 0.872 bits per heavy atom. The Kier molecular flexibility index (Phi) is 38.4. The quantitative estimate of drug-likeness (QED) is 0.0755. The van der Waals surface area contributed by atoms with E-state index in [-0.39, 0.29) is 6.61 Å². The van der Waals surface area contributed by atoms with Crippen LogP contribution < -0.4 is 10.6 Å². The molecule has 2 amide bonds. The van der Waals surface area contributed by atoms with Gasteiger partial charge in [0.2, 0.25) is 0 Å². The van der Waals surface area contributed by atoms with Crippen molar-refractivity contribution in [2.45, 2.75) is 52.7 Å². The van der Waals surface area contributed by atoms with Crippen LogP contribution in [0.5, 0.6) is 0 Å². The predicted octanol–water partition coefficient (Wildman–Crippen LogP) is 2.78. The fourth-order valence-electron chi connectivity index (χ4n) is 2.48. The number of rotatable bonds is 24. The van der Waals surface area contributed by atoms with Crippen LogP contribution in [0.25, 0.3) is 0 Å². The molecule has 0 heterocycles. The molecule has 47 heavy (non-hydrogen) atoms. The minimum atomic E-state index is -0.492. The molecule has 0 aliphatic rings. The third-order valence-corrected chi connectivity index (χ3v) is 4.51. The zero-order valence-electron chi connectivity index (χ0n) is 29.2. The maximum atomic E-state index is 11.3. The molecule has 15 heteroatoms. The third-order valence-electron chi connectivity index (χ3n) is 4.19. The van der Waals surface area contributed by atoms with E-state index in [2.05, 4.69) is 38.4 Å². The van der Waals surface area contributed by atoms with Gasteiger partial charge in [0, 0.05) is 13.1 Å². The first-order chi connectivity index (χ1) is 22.3. The SMILES string of the molecule is C#CCBr.C#CCOCCOCCOCCOCCNC(=O)OC(C)(C)C.CC(C)(C)OC(=O)NCCOCCOCCOCCO. The van der Waals surface area contributed by atoms with Crippen molar-refractivity contribution in [3.63, 3.8) is 0 Å². The molecule has 0 aromatic heterocycles. The first-order valence-electron chi connectivity index (χ1n) is 15.3. The van der Waals surface area contributed by atoms with Gasteiger partial charge in [-0.15, -0.1) is 12.8 Å². The summed E-state index contributed by atoms with van der Waals surface area (Å²) in [5, 5.41) is 14.3. The summed E-state index contributed by atoms with van der Waals surface area (Å²) in [7, 11) is 0. The van der Waals surface area contributed by atoms with Crippen molar-refractivity contribution < 1.29 is 57.3 Å². The second-order valence-electron chi connectivity index (χ2n) is 10.8. The summed E-state index contributed by atoms with van der Waals surface area (Å²) in [6.45, 7) is 17.9. The molecule has 0 bridgehead atoms. The maximum absolute atomic E-state index is 11.3. The van der Waals surface area contributed by atoms with Crippen molar-refractivity contribution in [1.82, 2.24) is 10.6 Å². The van der Waals surface area contributed by atoms with Gasteiger partial charge in [-0.2, -0.15) is 0 Å². The Morgan fingerprint density at radius 3 is 1.15 bits per heavy atom. The normalized spacial score (nSPS) is 10.7. The monoisotopic (exact) mass is 742 g/mol. The number of alkyl halides is 1. The standard InChI is InChI=1S/C16H29NO6.C13H27NO6.C3H3Br/c1-5-7-19-9-11-21-13-14-22-12-10-20-8-6-17-15(18)23-16(2,3)4;1-13(2,3)20-12(16)14-4-6-17-8-10-19-11-9-18-7-5-15;1-2-3-4/h1H,6-14H2,2-4H3,(H,17,18);15H,4-11H2,1-3H3,(H,14,16);1H,3H2. The third kappa shape index (κ3) is 53.6. The predicted molar refractivity (Wildman–Crippen MR) is 183 cm³/mol. The molecular weight excluding hydrogens is 684 g/mol. The number of aliphatic hydroxyl groups excluding tert-OH is 1. The number of hydrogen-bond donors (Lipinski definition) is 3. The molecule has 0 radical (unpaired) electrons. The van der Waals surface area contributed by atoms with Crippen LogP contribution >= 0.6 is 15.9 Å². The Labute approximate surface area is 290 Å². The topological polar surface area (TPSA) is 162 Å². The van der Waals surface area contributed by atoms with Crippen LogP contribution in [0.1, 0.15) is 41.5 Å². The molecule has 14 nitrogen and oxygen atoms in total.